The largest absolute Gasteiger partial charge is 0.457 e. The van der Waals surface area contributed by atoms with E-state index in [0.717, 1.165) is 6.42 Å². The fourth-order valence-corrected chi connectivity index (χ4v) is 9.21. The Labute approximate surface area is 336 Å². The van der Waals surface area contributed by atoms with Crippen LogP contribution in [0.2, 0.25) is 0 Å². The maximum atomic E-state index is 14.5. The second kappa shape index (κ2) is 20.0. The van der Waals surface area contributed by atoms with Gasteiger partial charge in [-0.05, 0) is 107 Å². The van der Waals surface area contributed by atoms with E-state index in [2.05, 4.69) is 10.6 Å². The number of carbonyl (C=O) groups excluding carboxylic acids is 1. The van der Waals surface area contributed by atoms with Gasteiger partial charge in [-0.2, -0.15) is 0 Å². The highest BCUT2D eigenvalue weighted by molar-refractivity contribution is 5.73. The lowest BCUT2D eigenvalue weighted by Gasteiger charge is -2.53. The quantitative estimate of drug-likeness (QED) is 0.105. The lowest BCUT2D eigenvalue weighted by atomic mass is 9.75. The summed E-state index contributed by atoms with van der Waals surface area (Å²) in [6.07, 6.45) is -6.62. The van der Waals surface area contributed by atoms with Gasteiger partial charge in [0.1, 0.15) is 29.0 Å². The van der Waals surface area contributed by atoms with Crippen LogP contribution in [0, 0.1) is 17.8 Å². The minimum absolute atomic E-state index is 0.0928. The molecule has 0 aromatic heterocycles. The molecule has 56 heavy (non-hydrogen) atoms. The van der Waals surface area contributed by atoms with Crippen molar-refractivity contribution in [2.75, 3.05) is 40.8 Å². The van der Waals surface area contributed by atoms with Crippen molar-refractivity contribution in [2.24, 2.45) is 17.8 Å². The Morgan fingerprint density at radius 1 is 1.05 bits per heavy atom. The molecule has 15 heteroatoms. The first-order chi connectivity index (χ1) is 25.9. The Balaban J connectivity index is 2.16. The van der Waals surface area contributed by atoms with Gasteiger partial charge in [0.25, 0.3) is 0 Å². The van der Waals surface area contributed by atoms with Gasteiger partial charge in [-0.25, -0.2) is 0 Å². The summed E-state index contributed by atoms with van der Waals surface area (Å²) in [5.41, 5.74) is -5.93. The van der Waals surface area contributed by atoms with Crippen molar-refractivity contribution in [3.05, 3.63) is 0 Å². The number of ether oxygens (including phenoxy) is 6. The average Bonchev–Trinajstić information content (AvgIpc) is 3.12. The van der Waals surface area contributed by atoms with Crippen LogP contribution in [0.15, 0.2) is 0 Å². The van der Waals surface area contributed by atoms with E-state index in [1.807, 2.05) is 53.6 Å². The van der Waals surface area contributed by atoms with E-state index in [1.54, 1.807) is 34.6 Å². The van der Waals surface area contributed by atoms with Gasteiger partial charge in [-0.3, -0.25) is 4.79 Å². The SMILES string of the molecule is CCCNC[C@]1(O)[C@H](C)OC(O[C@H]2[C@H](C)[C@@H](OC3O[C@H](C)C[C@H](N(C)C)[C@H]3O)[C@](C)(O)C[C@@H](C)CN[C@H](C)C([C@](C)(O)[C@H](O)CC)OC(=O)[C@@H]2C)C[C@@]1(C)OC. The predicted molar refractivity (Wildman–Crippen MR) is 212 cm³/mol. The normalized spacial score (nSPS) is 45.2. The topological polar surface area (TPSA) is 201 Å². The zero-order chi connectivity index (χ0) is 42.6. The third-order valence-corrected chi connectivity index (χ3v) is 13.0. The van der Waals surface area contributed by atoms with E-state index in [4.69, 9.17) is 28.4 Å². The van der Waals surface area contributed by atoms with Crippen LogP contribution in [-0.4, -0.2) is 167 Å². The van der Waals surface area contributed by atoms with Crippen LogP contribution in [-0.2, 0) is 33.2 Å². The minimum atomic E-state index is -1.81. The van der Waals surface area contributed by atoms with Crippen LogP contribution in [0.25, 0.3) is 0 Å². The summed E-state index contributed by atoms with van der Waals surface area (Å²) in [4.78, 5) is 16.4. The summed E-state index contributed by atoms with van der Waals surface area (Å²) in [6, 6.07) is -0.875. The molecular formula is C41H79N3O12. The van der Waals surface area contributed by atoms with Crippen molar-refractivity contribution in [1.82, 2.24) is 15.5 Å². The number of hydrogen-bond acceptors (Lipinski definition) is 15. The molecule has 3 rings (SSSR count). The molecule has 3 unspecified atom stereocenters. The first-order valence-corrected chi connectivity index (χ1v) is 20.9. The molecule has 3 aliphatic rings. The highest BCUT2D eigenvalue weighted by Gasteiger charge is 2.58. The molecule has 3 heterocycles. The van der Waals surface area contributed by atoms with E-state index < -0.39 is 95.5 Å². The molecule has 3 saturated heterocycles. The molecule has 0 radical (unpaired) electrons. The number of methoxy groups -OCH3 is 1. The number of nitrogens with zero attached hydrogens (tertiary/aromatic N) is 1. The van der Waals surface area contributed by atoms with Crippen LogP contribution in [0.1, 0.15) is 108 Å². The Kier molecular flexibility index (Phi) is 17.6. The summed E-state index contributed by atoms with van der Waals surface area (Å²) >= 11 is 0. The molecule has 0 saturated carbocycles. The van der Waals surface area contributed by atoms with Crippen LogP contribution in [0.3, 0.4) is 0 Å². The number of aliphatic hydroxyl groups is 5. The van der Waals surface area contributed by atoms with E-state index in [1.165, 1.54) is 14.0 Å². The van der Waals surface area contributed by atoms with Crippen molar-refractivity contribution in [3.8, 4) is 0 Å². The predicted octanol–water partition coefficient (Wildman–Crippen LogP) is 1.93. The van der Waals surface area contributed by atoms with Gasteiger partial charge in [0.2, 0.25) is 0 Å². The average molecular weight is 806 g/mol. The molecule has 18 atom stereocenters. The number of cyclic esters (lactones) is 1. The highest BCUT2D eigenvalue weighted by atomic mass is 16.7. The van der Waals surface area contributed by atoms with Gasteiger partial charge in [-0.1, -0.05) is 27.7 Å². The Hall–Kier alpha value is -1.05. The minimum Gasteiger partial charge on any atom is -0.457 e. The van der Waals surface area contributed by atoms with Crippen molar-refractivity contribution >= 4 is 5.97 Å². The lowest BCUT2D eigenvalue weighted by Crippen LogP contribution is -2.70. The second-order valence-electron chi connectivity index (χ2n) is 18.2. The van der Waals surface area contributed by atoms with Crippen molar-refractivity contribution in [2.45, 2.75) is 198 Å². The van der Waals surface area contributed by atoms with E-state index >= 15 is 0 Å². The molecule has 3 aliphatic heterocycles. The summed E-state index contributed by atoms with van der Waals surface area (Å²) in [5.74, 6) is -2.67. The highest BCUT2D eigenvalue weighted by Crippen LogP contribution is 2.43. The first-order valence-electron chi connectivity index (χ1n) is 20.9. The fourth-order valence-electron chi connectivity index (χ4n) is 9.21. The number of nitrogens with one attached hydrogen (secondary N) is 2. The van der Waals surface area contributed by atoms with Crippen LogP contribution < -0.4 is 10.6 Å². The van der Waals surface area contributed by atoms with E-state index in [-0.39, 0.29) is 43.9 Å². The Bertz CT molecular complexity index is 1230. The molecular weight excluding hydrogens is 726 g/mol. The summed E-state index contributed by atoms with van der Waals surface area (Å²) < 4.78 is 38.4. The van der Waals surface area contributed by atoms with Gasteiger partial charge in [0.15, 0.2) is 12.6 Å². The molecule has 0 aromatic carbocycles. The zero-order valence-electron chi connectivity index (χ0n) is 36.8. The molecule has 0 aliphatic carbocycles. The second-order valence-corrected chi connectivity index (χ2v) is 18.2. The molecule has 15 nitrogen and oxygen atoms in total. The maximum Gasteiger partial charge on any atom is 0.311 e. The van der Waals surface area contributed by atoms with E-state index in [0.29, 0.717) is 19.5 Å². The van der Waals surface area contributed by atoms with Crippen molar-refractivity contribution in [3.63, 3.8) is 0 Å². The van der Waals surface area contributed by atoms with Gasteiger partial charge in [0, 0.05) is 38.1 Å². The molecule has 330 valence electrons. The molecule has 7 N–H and O–H groups in total. The monoisotopic (exact) mass is 806 g/mol. The summed E-state index contributed by atoms with van der Waals surface area (Å²) in [5, 5.41) is 65.4. The Morgan fingerprint density at radius 2 is 1.70 bits per heavy atom. The maximum absolute atomic E-state index is 14.5. The van der Waals surface area contributed by atoms with Crippen molar-refractivity contribution < 1.29 is 58.7 Å². The van der Waals surface area contributed by atoms with Crippen LogP contribution >= 0.6 is 0 Å². The smallest absolute Gasteiger partial charge is 0.311 e. The van der Waals surface area contributed by atoms with Crippen LogP contribution in [0.5, 0.6) is 0 Å². The van der Waals surface area contributed by atoms with Gasteiger partial charge < -0.3 is 69.5 Å². The molecule has 3 fully saturated rings. The molecule has 0 amide bonds. The molecule has 0 spiro atoms. The van der Waals surface area contributed by atoms with Gasteiger partial charge in [-0.15, -0.1) is 0 Å². The van der Waals surface area contributed by atoms with Gasteiger partial charge in [0.05, 0.1) is 42.0 Å². The number of rotatable bonds is 13. The molecule has 0 bridgehead atoms. The number of hydrogen-bond donors (Lipinski definition) is 7. The lowest BCUT2D eigenvalue weighted by molar-refractivity contribution is -0.336. The fraction of sp³-hybridized carbons (Fsp3) is 0.976. The third kappa shape index (κ3) is 11.0. The first kappa shape index (κ1) is 49.3. The number of likely N-dealkylation sites (N-methyl/N-ethyl adjacent to an activating group) is 1. The zero-order valence-corrected chi connectivity index (χ0v) is 36.8. The number of aliphatic hydroxyl groups excluding tert-OH is 2. The van der Waals surface area contributed by atoms with Gasteiger partial charge >= 0.3 is 5.97 Å². The summed E-state index contributed by atoms with van der Waals surface area (Å²) in [7, 11) is 5.31. The Morgan fingerprint density at radius 3 is 2.27 bits per heavy atom. The van der Waals surface area contributed by atoms with Crippen LogP contribution in [0.4, 0.5) is 0 Å². The standard InChI is InChI=1S/C41H79N3O12/c1-15-17-42-22-41(50)28(8)53-31(20-39(41,10)51-14)54-33-25(5)34(56-37-32(46)29(44(12)13)18-24(4)52-37)38(9,48)19-23(3)21-43-27(7)35(55-36(47)26(33)6)40(11,49)30(45)16-2/h23-35,37,42-43,45-46,48-50H,15-22H2,1-14H3/t23-,24-,25+,26-,27-,28+,29+,30-,31?,32-,33+,34-,35?,37?,38-,39-,40-,41+/m1/s1. The molecule has 0 aromatic rings. The third-order valence-electron chi connectivity index (χ3n) is 13.0. The van der Waals surface area contributed by atoms with E-state index in [9.17, 15) is 30.3 Å². The number of esters is 1. The number of carbonyl (C=O) groups is 1. The van der Waals surface area contributed by atoms with Crippen molar-refractivity contribution in [1.29, 1.82) is 0 Å². The summed E-state index contributed by atoms with van der Waals surface area (Å²) in [6.45, 7) is 20.9.